The third-order valence-corrected chi connectivity index (χ3v) is 5.79. The Hall–Kier alpha value is -3.00. The van der Waals surface area contributed by atoms with E-state index in [9.17, 15) is 9.18 Å². The zero-order chi connectivity index (χ0) is 20.0. The third kappa shape index (κ3) is 3.09. The summed E-state index contributed by atoms with van der Waals surface area (Å²) in [5.74, 6) is -0.413. The second kappa shape index (κ2) is 6.87. The maximum Gasteiger partial charge on any atom is 0.271 e. The first kappa shape index (κ1) is 18.4. The molecule has 0 bridgehead atoms. The quantitative estimate of drug-likeness (QED) is 0.526. The Morgan fingerprint density at radius 2 is 2.11 bits per heavy atom. The molecule has 0 fully saturated rings. The molecule has 3 aromatic heterocycles. The van der Waals surface area contributed by atoms with E-state index in [1.54, 1.807) is 40.1 Å². The molecule has 144 valence electrons. The van der Waals surface area contributed by atoms with Crippen molar-refractivity contribution in [1.82, 2.24) is 24.1 Å². The number of thiazole rings is 1. The van der Waals surface area contributed by atoms with Crippen LogP contribution < -0.4 is 0 Å². The number of hydrogen-bond acceptors (Lipinski definition) is 4. The maximum atomic E-state index is 13.5. The van der Waals surface area contributed by atoms with Crippen molar-refractivity contribution in [2.75, 3.05) is 7.05 Å². The van der Waals surface area contributed by atoms with E-state index in [1.165, 1.54) is 23.5 Å². The van der Waals surface area contributed by atoms with Crippen LogP contribution in [-0.2, 0) is 13.6 Å². The normalized spacial score (nSPS) is 11.3. The summed E-state index contributed by atoms with van der Waals surface area (Å²) in [6.45, 7) is 4.43. The van der Waals surface area contributed by atoms with Gasteiger partial charge in [0, 0.05) is 49.0 Å². The topological polar surface area (TPSA) is 55.4 Å². The van der Waals surface area contributed by atoms with Gasteiger partial charge in [0.05, 0.1) is 11.4 Å². The summed E-state index contributed by atoms with van der Waals surface area (Å²) in [4.78, 5) is 20.0. The van der Waals surface area contributed by atoms with E-state index in [0.717, 1.165) is 17.0 Å². The van der Waals surface area contributed by atoms with Gasteiger partial charge in [0.2, 0.25) is 0 Å². The van der Waals surface area contributed by atoms with E-state index in [2.05, 4.69) is 10.1 Å². The molecule has 0 aliphatic carbocycles. The summed E-state index contributed by atoms with van der Waals surface area (Å²) >= 11 is 1.39. The van der Waals surface area contributed by atoms with Crippen molar-refractivity contribution < 1.29 is 9.18 Å². The van der Waals surface area contributed by atoms with Crippen LogP contribution in [0.5, 0.6) is 0 Å². The first-order valence-corrected chi connectivity index (χ1v) is 9.70. The smallest absolute Gasteiger partial charge is 0.271 e. The van der Waals surface area contributed by atoms with E-state index in [0.29, 0.717) is 28.5 Å². The minimum atomic E-state index is -0.313. The number of fused-ring (bicyclic) bond motifs is 1. The van der Waals surface area contributed by atoms with Gasteiger partial charge in [-0.2, -0.15) is 5.10 Å². The Bertz CT molecular complexity index is 1190. The summed E-state index contributed by atoms with van der Waals surface area (Å²) in [6.07, 6.45) is 1.78. The number of imidazole rings is 1. The number of nitrogens with zero attached hydrogens (tertiary/aromatic N) is 5. The lowest BCUT2D eigenvalue weighted by Gasteiger charge is -2.17. The first-order valence-electron chi connectivity index (χ1n) is 8.82. The van der Waals surface area contributed by atoms with Gasteiger partial charge in [-0.1, -0.05) is 12.1 Å². The summed E-state index contributed by atoms with van der Waals surface area (Å²) < 4.78 is 17.1. The molecular weight excluding hydrogens is 377 g/mol. The van der Waals surface area contributed by atoms with Gasteiger partial charge in [-0.3, -0.25) is 13.9 Å². The zero-order valence-corrected chi connectivity index (χ0v) is 16.9. The van der Waals surface area contributed by atoms with Crippen molar-refractivity contribution in [2.45, 2.75) is 20.4 Å². The second-order valence-corrected chi connectivity index (χ2v) is 7.68. The molecule has 0 radical (unpaired) electrons. The molecule has 4 aromatic rings. The predicted molar refractivity (Wildman–Crippen MR) is 107 cm³/mol. The van der Waals surface area contributed by atoms with Crippen LogP contribution in [0.1, 0.15) is 27.4 Å². The van der Waals surface area contributed by atoms with Crippen LogP contribution in [0, 0.1) is 19.7 Å². The van der Waals surface area contributed by atoms with Crippen molar-refractivity contribution in [1.29, 1.82) is 0 Å². The molecule has 3 heterocycles. The van der Waals surface area contributed by atoms with Crippen LogP contribution in [0.3, 0.4) is 0 Å². The Labute approximate surface area is 165 Å². The molecule has 0 aliphatic heterocycles. The van der Waals surface area contributed by atoms with Crippen molar-refractivity contribution in [3.63, 3.8) is 0 Å². The monoisotopic (exact) mass is 397 g/mol. The number of carbonyl (C=O) groups is 1. The molecule has 8 heteroatoms. The Balaban J connectivity index is 1.64. The fourth-order valence-electron chi connectivity index (χ4n) is 3.28. The lowest BCUT2D eigenvalue weighted by Crippen LogP contribution is -2.27. The number of amides is 1. The number of hydrogen-bond donors (Lipinski definition) is 0. The largest absolute Gasteiger partial charge is 0.336 e. The number of aryl methyl sites for hydroxylation is 2. The van der Waals surface area contributed by atoms with Crippen LogP contribution >= 0.6 is 11.3 Å². The van der Waals surface area contributed by atoms with E-state index in [1.807, 2.05) is 25.6 Å². The van der Waals surface area contributed by atoms with Crippen LogP contribution in [-0.4, -0.2) is 37.0 Å². The third-order valence-electron chi connectivity index (χ3n) is 4.95. The fraction of sp³-hybridized carbons (Fsp3) is 0.250. The standard InChI is InChI=1S/C20H20FN5OS/c1-12-16(13(2)25(4)23-12)9-24(3)19(27)18-11-28-20-22-17(10-26(18)20)14-6-5-7-15(21)8-14/h5-8,10-11H,9H2,1-4H3. The number of rotatable bonds is 4. The van der Waals surface area contributed by atoms with Gasteiger partial charge in [-0.25, -0.2) is 9.37 Å². The zero-order valence-electron chi connectivity index (χ0n) is 16.1. The SMILES string of the molecule is Cc1nn(C)c(C)c1CN(C)C(=O)c1csc2nc(-c3cccc(F)c3)cn12. The van der Waals surface area contributed by atoms with Gasteiger partial charge in [-0.05, 0) is 26.0 Å². The number of aromatic nitrogens is 4. The molecule has 28 heavy (non-hydrogen) atoms. The fourth-order valence-corrected chi connectivity index (χ4v) is 4.12. The highest BCUT2D eigenvalue weighted by atomic mass is 32.1. The maximum absolute atomic E-state index is 13.5. The van der Waals surface area contributed by atoms with Crippen molar-refractivity contribution in [3.05, 3.63) is 64.3 Å². The molecule has 6 nitrogen and oxygen atoms in total. The highest BCUT2D eigenvalue weighted by Gasteiger charge is 2.21. The molecule has 0 aliphatic rings. The van der Waals surface area contributed by atoms with Gasteiger partial charge >= 0.3 is 0 Å². The Morgan fingerprint density at radius 3 is 2.79 bits per heavy atom. The molecule has 0 saturated carbocycles. The second-order valence-electron chi connectivity index (χ2n) is 6.84. The minimum absolute atomic E-state index is 0.0999. The van der Waals surface area contributed by atoms with Gasteiger partial charge < -0.3 is 4.90 Å². The van der Waals surface area contributed by atoms with Crippen molar-refractivity contribution >= 4 is 22.2 Å². The Kier molecular flexibility index (Phi) is 4.50. The number of carbonyl (C=O) groups excluding carboxylic acids is 1. The van der Waals surface area contributed by atoms with Crippen LogP contribution in [0.15, 0.2) is 35.8 Å². The van der Waals surface area contributed by atoms with Gasteiger partial charge in [0.1, 0.15) is 11.5 Å². The number of benzene rings is 1. The molecule has 0 N–H and O–H groups in total. The molecule has 0 saturated heterocycles. The summed E-state index contributed by atoms with van der Waals surface area (Å²) in [5, 5.41) is 6.22. The van der Waals surface area contributed by atoms with Gasteiger partial charge in [0.15, 0.2) is 4.96 Å². The molecular formula is C20H20FN5OS. The average molecular weight is 397 g/mol. The molecule has 1 aromatic carbocycles. The highest BCUT2D eigenvalue weighted by molar-refractivity contribution is 7.15. The Morgan fingerprint density at radius 1 is 1.32 bits per heavy atom. The molecule has 0 spiro atoms. The van der Waals surface area contributed by atoms with Crippen molar-refractivity contribution in [3.8, 4) is 11.3 Å². The molecule has 1 amide bonds. The number of halogens is 1. The average Bonchev–Trinajstić information content (AvgIpc) is 3.31. The van der Waals surface area contributed by atoms with Crippen LogP contribution in [0.25, 0.3) is 16.2 Å². The van der Waals surface area contributed by atoms with E-state index in [4.69, 9.17) is 0 Å². The van der Waals surface area contributed by atoms with Crippen molar-refractivity contribution in [2.24, 2.45) is 7.05 Å². The highest BCUT2D eigenvalue weighted by Crippen LogP contribution is 2.25. The molecule has 4 rings (SSSR count). The van der Waals surface area contributed by atoms with E-state index >= 15 is 0 Å². The summed E-state index contributed by atoms with van der Waals surface area (Å²) in [5.41, 5.74) is 4.88. The van der Waals surface area contributed by atoms with Gasteiger partial charge in [0.25, 0.3) is 5.91 Å². The van der Waals surface area contributed by atoms with E-state index in [-0.39, 0.29) is 11.7 Å². The van der Waals surface area contributed by atoms with E-state index < -0.39 is 0 Å². The predicted octanol–water partition coefficient (Wildman–Crippen LogP) is 3.82. The summed E-state index contributed by atoms with van der Waals surface area (Å²) in [6, 6.07) is 6.29. The first-order chi connectivity index (χ1) is 13.3. The lowest BCUT2D eigenvalue weighted by atomic mass is 10.2. The minimum Gasteiger partial charge on any atom is -0.336 e. The van der Waals surface area contributed by atoms with Crippen LogP contribution in [0.2, 0.25) is 0 Å². The summed E-state index contributed by atoms with van der Waals surface area (Å²) in [7, 11) is 3.68. The van der Waals surface area contributed by atoms with Gasteiger partial charge in [-0.15, -0.1) is 11.3 Å². The van der Waals surface area contributed by atoms with Crippen LogP contribution in [0.4, 0.5) is 4.39 Å². The molecule has 0 atom stereocenters. The molecule has 0 unspecified atom stereocenters. The lowest BCUT2D eigenvalue weighted by molar-refractivity contribution is 0.0778.